The number of carbonyl (C=O) groups excluding carboxylic acids is 1. The molecule has 0 N–H and O–H groups in total. The van der Waals surface area contributed by atoms with Gasteiger partial charge in [-0.25, -0.2) is 0 Å². The lowest BCUT2D eigenvalue weighted by Crippen LogP contribution is -2.44. The minimum Gasteiger partial charge on any atom is -0.497 e. The number of ketones is 1. The molecule has 5 nitrogen and oxygen atoms in total. The van der Waals surface area contributed by atoms with E-state index in [9.17, 15) is 4.79 Å². The lowest BCUT2D eigenvalue weighted by molar-refractivity contribution is 0.102. The third-order valence-electron chi connectivity index (χ3n) is 5.48. The summed E-state index contributed by atoms with van der Waals surface area (Å²) in [6.07, 6.45) is 5.47. The highest BCUT2D eigenvalue weighted by molar-refractivity contribution is 6.13. The zero-order valence-corrected chi connectivity index (χ0v) is 15.9. The molecule has 4 rings (SSSR count). The first-order chi connectivity index (χ1) is 13.1. The van der Waals surface area contributed by atoms with Gasteiger partial charge >= 0.3 is 0 Å². The lowest BCUT2D eigenvalue weighted by Gasteiger charge is -2.33. The molecule has 0 radical (unpaired) electrons. The van der Waals surface area contributed by atoms with Gasteiger partial charge in [0.15, 0.2) is 5.78 Å². The summed E-state index contributed by atoms with van der Waals surface area (Å²) in [5.74, 6) is 0.804. The Morgan fingerprint density at radius 3 is 2.59 bits per heavy atom. The van der Waals surface area contributed by atoms with Crippen LogP contribution in [0.5, 0.6) is 5.75 Å². The fraction of sp³-hybridized carbons (Fsp3) is 0.364. The van der Waals surface area contributed by atoms with E-state index in [1.54, 1.807) is 7.11 Å². The van der Waals surface area contributed by atoms with E-state index in [1.807, 2.05) is 36.5 Å². The first-order valence-corrected chi connectivity index (χ1v) is 9.46. The van der Waals surface area contributed by atoms with Gasteiger partial charge in [-0.3, -0.25) is 9.78 Å². The number of carbonyl (C=O) groups is 1. The summed E-state index contributed by atoms with van der Waals surface area (Å²) in [6, 6.07) is 9.87. The molecule has 0 atom stereocenters. The van der Waals surface area contributed by atoms with Crippen molar-refractivity contribution in [3.05, 3.63) is 58.9 Å². The van der Waals surface area contributed by atoms with Crippen molar-refractivity contribution in [1.82, 2.24) is 9.88 Å². The zero-order chi connectivity index (χ0) is 18.8. The van der Waals surface area contributed by atoms with E-state index in [0.717, 1.165) is 72.9 Å². The monoisotopic (exact) mass is 363 g/mol. The van der Waals surface area contributed by atoms with Gasteiger partial charge in [-0.15, -0.1) is 0 Å². The first kappa shape index (κ1) is 17.7. The smallest absolute Gasteiger partial charge is 0.189 e. The van der Waals surface area contributed by atoms with Crippen LogP contribution in [0.3, 0.4) is 0 Å². The van der Waals surface area contributed by atoms with E-state index in [1.165, 1.54) is 0 Å². The van der Waals surface area contributed by atoms with Crippen LogP contribution in [0.2, 0.25) is 0 Å². The van der Waals surface area contributed by atoms with Crippen molar-refractivity contribution in [1.29, 1.82) is 0 Å². The maximum atomic E-state index is 12.9. The Labute approximate surface area is 160 Å². The normalized spacial score (nSPS) is 19.3. The maximum absolute atomic E-state index is 12.9. The highest BCUT2D eigenvalue weighted by Crippen LogP contribution is 2.29. The number of piperazine rings is 1. The van der Waals surface area contributed by atoms with Crippen molar-refractivity contribution in [2.24, 2.45) is 0 Å². The molecule has 0 saturated carbocycles. The number of anilines is 1. The number of aromatic nitrogens is 1. The maximum Gasteiger partial charge on any atom is 0.189 e. The third-order valence-corrected chi connectivity index (χ3v) is 5.48. The average molecular weight is 363 g/mol. The summed E-state index contributed by atoms with van der Waals surface area (Å²) >= 11 is 0. The molecule has 1 aliphatic carbocycles. The number of benzene rings is 1. The van der Waals surface area contributed by atoms with Gasteiger partial charge in [0, 0.05) is 37.3 Å². The third kappa shape index (κ3) is 3.74. The van der Waals surface area contributed by atoms with Crippen LogP contribution in [-0.2, 0) is 6.42 Å². The van der Waals surface area contributed by atoms with Gasteiger partial charge in [0.2, 0.25) is 0 Å². The molecule has 1 aromatic heterocycles. The molecule has 1 saturated heterocycles. The number of rotatable bonds is 3. The quantitative estimate of drug-likeness (QED) is 0.785. The Bertz CT molecular complexity index is 866. The summed E-state index contributed by atoms with van der Waals surface area (Å²) in [6.45, 7) is 4.19. The van der Waals surface area contributed by atoms with Crippen molar-refractivity contribution in [3.8, 4) is 5.75 Å². The molecule has 5 heteroatoms. The number of aryl methyl sites for hydroxylation is 1. The molecule has 0 bridgehead atoms. The van der Waals surface area contributed by atoms with Crippen LogP contribution in [0.1, 0.15) is 28.0 Å². The van der Waals surface area contributed by atoms with Crippen molar-refractivity contribution >= 4 is 17.5 Å². The number of fused-ring (bicyclic) bond motifs is 1. The average Bonchev–Trinajstić information content (AvgIpc) is 2.71. The molecule has 2 heterocycles. The molecule has 2 aliphatic rings. The summed E-state index contributed by atoms with van der Waals surface area (Å²) in [7, 11) is 3.78. The van der Waals surface area contributed by atoms with Crippen LogP contribution in [0.25, 0.3) is 6.08 Å². The number of methoxy groups -OCH3 is 1. The summed E-state index contributed by atoms with van der Waals surface area (Å²) in [5, 5.41) is 0. The Morgan fingerprint density at radius 2 is 1.89 bits per heavy atom. The predicted octanol–water partition coefficient (Wildman–Crippen LogP) is 3.05. The molecular formula is C22H25N3O2. The number of allylic oxidation sites excluding steroid dienone is 1. The van der Waals surface area contributed by atoms with Gasteiger partial charge in [0.05, 0.1) is 24.7 Å². The number of likely N-dealkylation sites (N-methyl/N-ethyl adjacent to an activating group) is 1. The number of Topliss-reactive ketones (excluding diaryl/α,β-unsaturated/α-hetero) is 1. The van der Waals surface area contributed by atoms with Crippen molar-refractivity contribution in [3.63, 3.8) is 0 Å². The predicted molar refractivity (Wildman–Crippen MR) is 108 cm³/mol. The van der Waals surface area contributed by atoms with Gasteiger partial charge in [0.1, 0.15) is 5.75 Å². The van der Waals surface area contributed by atoms with Crippen LogP contribution in [-0.4, -0.2) is 56.0 Å². The Morgan fingerprint density at radius 1 is 1.07 bits per heavy atom. The number of ether oxygens (including phenoxy) is 1. The first-order valence-electron chi connectivity index (χ1n) is 9.46. The Balaban J connectivity index is 1.52. The largest absolute Gasteiger partial charge is 0.497 e. The number of nitrogens with zero attached hydrogens (tertiary/aromatic N) is 3. The molecule has 1 aliphatic heterocycles. The number of pyridine rings is 1. The van der Waals surface area contributed by atoms with Crippen LogP contribution < -0.4 is 9.64 Å². The highest BCUT2D eigenvalue weighted by Gasteiger charge is 2.22. The molecule has 27 heavy (non-hydrogen) atoms. The molecule has 1 fully saturated rings. The lowest BCUT2D eigenvalue weighted by atomic mass is 9.86. The van der Waals surface area contributed by atoms with Crippen LogP contribution >= 0.6 is 0 Å². The second-order valence-electron chi connectivity index (χ2n) is 7.25. The van der Waals surface area contributed by atoms with Gasteiger partial charge < -0.3 is 14.5 Å². The summed E-state index contributed by atoms with van der Waals surface area (Å²) in [5.41, 5.74) is 4.64. The van der Waals surface area contributed by atoms with Crippen LogP contribution in [0.15, 0.2) is 42.1 Å². The second-order valence-corrected chi connectivity index (χ2v) is 7.25. The fourth-order valence-corrected chi connectivity index (χ4v) is 3.72. The Hall–Kier alpha value is -2.66. The Kier molecular flexibility index (Phi) is 4.94. The molecule has 0 amide bonds. The van der Waals surface area contributed by atoms with E-state index in [2.05, 4.69) is 27.9 Å². The highest BCUT2D eigenvalue weighted by atomic mass is 16.5. The molecule has 0 unspecified atom stereocenters. The van der Waals surface area contributed by atoms with Crippen molar-refractivity contribution in [2.45, 2.75) is 12.8 Å². The van der Waals surface area contributed by atoms with E-state index in [-0.39, 0.29) is 5.78 Å². The van der Waals surface area contributed by atoms with Crippen LogP contribution in [0.4, 0.5) is 5.69 Å². The summed E-state index contributed by atoms with van der Waals surface area (Å²) < 4.78 is 5.27. The topological polar surface area (TPSA) is 45.7 Å². The molecule has 1 aromatic carbocycles. The van der Waals surface area contributed by atoms with Gasteiger partial charge in [-0.05, 0) is 55.8 Å². The van der Waals surface area contributed by atoms with Crippen molar-refractivity contribution in [2.75, 3.05) is 45.2 Å². The number of hydrogen-bond acceptors (Lipinski definition) is 5. The minimum atomic E-state index is 0.0834. The van der Waals surface area contributed by atoms with E-state index in [0.29, 0.717) is 0 Å². The molecule has 2 aromatic rings. The zero-order valence-electron chi connectivity index (χ0n) is 15.9. The van der Waals surface area contributed by atoms with E-state index in [4.69, 9.17) is 4.74 Å². The van der Waals surface area contributed by atoms with Crippen LogP contribution in [0, 0.1) is 0 Å². The van der Waals surface area contributed by atoms with Gasteiger partial charge in [0.25, 0.3) is 0 Å². The standard InChI is InChI=1S/C22H25N3O2/c1-24-9-11-25(12-10-24)19-7-6-18(23-15-19)13-17-4-3-16-5-8-20(27-2)14-21(16)22(17)26/h5-8,13-15H,3-4,9-12H2,1-2H3/b17-13+. The minimum absolute atomic E-state index is 0.0834. The van der Waals surface area contributed by atoms with E-state index >= 15 is 0 Å². The van der Waals surface area contributed by atoms with Gasteiger partial charge in [-0.1, -0.05) is 6.07 Å². The molecular weight excluding hydrogens is 338 g/mol. The SMILES string of the molecule is COc1ccc2c(c1)C(=O)/C(=C/c1ccc(N3CCN(C)CC3)cn1)CC2. The van der Waals surface area contributed by atoms with Crippen molar-refractivity contribution < 1.29 is 9.53 Å². The number of hydrogen-bond donors (Lipinski definition) is 0. The molecule has 0 spiro atoms. The van der Waals surface area contributed by atoms with Gasteiger partial charge in [-0.2, -0.15) is 0 Å². The fourth-order valence-electron chi connectivity index (χ4n) is 3.72. The molecule has 140 valence electrons. The summed E-state index contributed by atoms with van der Waals surface area (Å²) in [4.78, 5) is 22.1. The second kappa shape index (κ2) is 7.53. The van der Waals surface area contributed by atoms with E-state index < -0.39 is 0 Å².